The summed E-state index contributed by atoms with van der Waals surface area (Å²) in [5.74, 6) is -1.52. The summed E-state index contributed by atoms with van der Waals surface area (Å²) in [5, 5.41) is 15.1. The summed E-state index contributed by atoms with van der Waals surface area (Å²) in [4.78, 5) is 45.0. The number of carboxylic acid groups (broad SMARTS) is 1. The van der Waals surface area contributed by atoms with Crippen LogP contribution in [0.3, 0.4) is 0 Å². The van der Waals surface area contributed by atoms with Gasteiger partial charge in [-0.3, -0.25) is 14.4 Å². The van der Waals surface area contributed by atoms with E-state index in [0.717, 1.165) is 33.1 Å². The topological polar surface area (TPSA) is 126 Å². The smallest absolute Gasteiger partial charge is 0.305 e. The van der Waals surface area contributed by atoms with Crippen LogP contribution in [-0.4, -0.2) is 44.0 Å². The molecular formula is C27H23N5O4. The second kappa shape index (κ2) is 9.83. The van der Waals surface area contributed by atoms with Crippen molar-refractivity contribution in [3.63, 3.8) is 0 Å². The molecule has 9 heteroatoms. The zero-order valence-electron chi connectivity index (χ0n) is 19.3. The first kappa shape index (κ1) is 23.0. The van der Waals surface area contributed by atoms with Gasteiger partial charge in [-0.2, -0.15) is 0 Å². The van der Waals surface area contributed by atoms with E-state index in [1.165, 1.54) is 0 Å². The van der Waals surface area contributed by atoms with Crippen molar-refractivity contribution >= 4 is 56.6 Å². The molecule has 0 bridgehead atoms. The summed E-state index contributed by atoms with van der Waals surface area (Å²) < 4.78 is 2.02. The number of anilines is 1. The molecule has 0 unspecified atom stereocenters. The van der Waals surface area contributed by atoms with E-state index in [4.69, 9.17) is 15.1 Å². The van der Waals surface area contributed by atoms with Crippen LogP contribution in [0.4, 0.5) is 5.69 Å². The van der Waals surface area contributed by atoms with Gasteiger partial charge in [0.1, 0.15) is 5.52 Å². The van der Waals surface area contributed by atoms with Crippen LogP contribution in [0.5, 0.6) is 0 Å². The predicted molar refractivity (Wildman–Crippen MR) is 137 cm³/mol. The van der Waals surface area contributed by atoms with Crippen LogP contribution in [0.15, 0.2) is 72.8 Å². The van der Waals surface area contributed by atoms with Gasteiger partial charge in [-0.1, -0.05) is 30.3 Å². The number of carboxylic acids is 1. The summed E-state index contributed by atoms with van der Waals surface area (Å²) in [6.45, 7) is 0.475. The number of hydrogen-bond acceptors (Lipinski definition) is 5. The van der Waals surface area contributed by atoms with E-state index in [0.29, 0.717) is 17.8 Å². The van der Waals surface area contributed by atoms with E-state index in [1.807, 2.05) is 53.1 Å². The number of para-hydroxylation sites is 3. The van der Waals surface area contributed by atoms with Crippen LogP contribution in [0.1, 0.15) is 23.2 Å². The van der Waals surface area contributed by atoms with Gasteiger partial charge in [0.2, 0.25) is 5.91 Å². The van der Waals surface area contributed by atoms with Gasteiger partial charge in [-0.05, 0) is 42.5 Å². The summed E-state index contributed by atoms with van der Waals surface area (Å²) >= 11 is 0. The molecule has 0 aliphatic carbocycles. The highest BCUT2D eigenvalue weighted by molar-refractivity contribution is 6.06. The molecule has 3 N–H and O–H groups in total. The Morgan fingerprint density at radius 3 is 2.28 bits per heavy atom. The SMILES string of the molecule is O=C(O)CCNC(=O)c1ccc(NC(=O)CCn2c3ccccc3c3nc4ccccc4nc32)cc1. The van der Waals surface area contributed by atoms with Gasteiger partial charge in [0.05, 0.1) is 23.0 Å². The van der Waals surface area contributed by atoms with E-state index in [-0.39, 0.29) is 31.2 Å². The van der Waals surface area contributed by atoms with Gasteiger partial charge in [-0.25, -0.2) is 9.97 Å². The third-order valence-corrected chi connectivity index (χ3v) is 5.88. The lowest BCUT2D eigenvalue weighted by Gasteiger charge is -2.09. The molecule has 180 valence electrons. The Kier molecular flexibility index (Phi) is 6.27. The molecule has 2 amide bonds. The first-order chi connectivity index (χ1) is 17.5. The third kappa shape index (κ3) is 4.72. The summed E-state index contributed by atoms with van der Waals surface area (Å²) in [6, 6.07) is 22.1. The maximum Gasteiger partial charge on any atom is 0.305 e. The van der Waals surface area contributed by atoms with Gasteiger partial charge < -0.3 is 20.3 Å². The largest absolute Gasteiger partial charge is 0.481 e. The molecule has 0 saturated heterocycles. The monoisotopic (exact) mass is 481 g/mol. The van der Waals surface area contributed by atoms with Crippen LogP contribution in [0.25, 0.3) is 33.1 Å². The number of aliphatic carboxylic acids is 1. The standard InChI is InChI=1S/C27H23N5O4/c33-23(29-18-11-9-17(10-12-18)27(36)28-15-13-24(34)35)14-16-32-22-8-4-1-5-19(22)25-26(32)31-21-7-3-2-6-20(21)30-25/h1-12H,13-16H2,(H,28,36)(H,29,33)(H,34,35). The molecule has 0 spiro atoms. The fraction of sp³-hybridized carbons (Fsp3) is 0.148. The van der Waals surface area contributed by atoms with Crippen LogP contribution >= 0.6 is 0 Å². The number of fused-ring (bicyclic) bond motifs is 4. The number of carbonyl (C=O) groups excluding carboxylic acids is 2. The minimum Gasteiger partial charge on any atom is -0.481 e. The number of nitrogens with one attached hydrogen (secondary N) is 2. The zero-order valence-corrected chi connectivity index (χ0v) is 19.3. The number of benzene rings is 3. The Labute approximate surface area is 205 Å². The summed E-state index contributed by atoms with van der Waals surface area (Å²) in [5.41, 5.74) is 5.08. The number of carbonyl (C=O) groups is 3. The van der Waals surface area contributed by atoms with E-state index >= 15 is 0 Å². The van der Waals surface area contributed by atoms with Crippen LogP contribution in [0.2, 0.25) is 0 Å². The fourth-order valence-corrected chi connectivity index (χ4v) is 4.14. The van der Waals surface area contributed by atoms with E-state index < -0.39 is 5.97 Å². The molecule has 9 nitrogen and oxygen atoms in total. The molecular weight excluding hydrogens is 458 g/mol. The van der Waals surface area contributed by atoms with Crippen molar-refractivity contribution < 1.29 is 19.5 Å². The van der Waals surface area contributed by atoms with E-state index in [9.17, 15) is 14.4 Å². The molecule has 0 saturated carbocycles. The molecule has 0 fully saturated rings. The molecule has 36 heavy (non-hydrogen) atoms. The number of aryl methyl sites for hydroxylation is 1. The number of aromatic nitrogens is 3. The maximum atomic E-state index is 12.7. The Hall–Kier alpha value is -4.79. The van der Waals surface area contributed by atoms with Gasteiger partial charge in [0, 0.05) is 36.1 Å². The number of nitrogens with zero attached hydrogens (tertiary/aromatic N) is 3. The average Bonchev–Trinajstić information content (AvgIpc) is 3.18. The third-order valence-electron chi connectivity index (χ3n) is 5.88. The number of rotatable bonds is 8. The van der Waals surface area contributed by atoms with Gasteiger partial charge >= 0.3 is 5.97 Å². The molecule has 2 heterocycles. The number of hydrogen-bond donors (Lipinski definition) is 3. The molecule has 3 aromatic carbocycles. The lowest BCUT2D eigenvalue weighted by atomic mass is 10.2. The van der Waals surface area contributed by atoms with Crippen molar-refractivity contribution in [3.05, 3.63) is 78.4 Å². The highest BCUT2D eigenvalue weighted by Gasteiger charge is 2.15. The summed E-state index contributed by atoms with van der Waals surface area (Å²) in [7, 11) is 0. The predicted octanol–water partition coefficient (Wildman–Crippen LogP) is 3.97. The first-order valence-electron chi connectivity index (χ1n) is 11.5. The van der Waals surface area contributed by atoms with Crippen LogP contribution in [0, 0.1) is 0 Å². The zero-order chi connectivity index (χ0) is 25.1. The quantitative estimate of drug-likeness (QED) is 0.308. The lowest BCUT2D eigenvalue weighted by molar-refractivity contribution is -0.136. The Balaban J connectivity index is 1.29. The maximum absolute atomic E-state index is 12.7. The van der Waals surface area contributed by atoms with Gasteiger partial charge in [-0.15, -0.1) is 0 Å². The van der Waals surface area contributed by atoms with Crippen molar-refractivity contribution in [2.75, 3.05) is 11.9 Å². The summed E-state index contributed by atoms with van der Waals surface area (Å²) in [6.07, 6.45) is 0.0767. The van der Waals surface area contributed by atoms with E-state index in [1.54, 1.807) is 24.3 Å². The van der Waals surface area contributed by atoms with Crippen LogP contribution in [-0.2, 0) is 16.1 Å². The second-order valence-electron chi connectivity index (χ2n) is 8.33. The fourth-order valence-electron chi connectivity index (χ4n) is 4.14. The highest BCUT2D eigenvalue weighted by Crippen LogP contribution is 2.28. The number of amides is 2. The molecule has 0 radical (unpaired) electrons. The van der Waals surface area contributed by atoms with Crippen molar-refractivity contribution in [3.8, 4) is 0 Å². The molecule has 5 rings (SSSR count). The normalized spacial score (nSPS) is 11.1. The van der Waals surface area contributed by atoms with Gasteiger partial charge in [0.15, 0.2) is 5.65 Å². The van der Waals surface area contributed by atoms with Crippen LogP contribution < -0.4 is 10.6 Å². The Morgan fingerprint density at radius 1 is 0.833 bits per heavy atom. The molecule has 2 aromatic heterocycles. The minimum atomic E-state index is -0.977. The average molecular weight is 482 g/mol. The van der Waals surface area contributed by atoms with Crippen molar-refractivity contribution in [1.29, 1.82) is 0 Å². The molecule has 5 aromatic rings. The molecule has 0 aliphatic heterocycles. The lowest BCUT2D eigenvalue weighted by Crippen LogP contribution is -2.25. The molecule has 0 atom stereocenters. The highest BCUT2D eigenvalue weighted by atomic mass is 16.4. The Morgan fingerprint density at radius 2 is 1.53 bits per heavy atom. The first-order valence-corrected chi connectivity index (χ1v) is 11.5. The second-order valence-corrected chi connectivity index (χ2v) is 8.33. The van der Waals surface area contributed by atoms with Crippen molar-refractivity contribution in [2.45, 2.75) is 19.4 Å². The van der Waals surface area contributed by atoms with Crippen molar-refractivity contribution in [2.24, 2.45) is 0 Å². The minimum absolute atomic E-state index is 0.0512. The van der Waals surface area contributed by atoms with E-state index in [2.05, 4.69) is 10.6 Å². The molecule has 0 aliphatic rings. The van der Waals surface area contributed by atoms with Crippen molar-refractivity contribution in [1.82, 2.24) is 19.9 Å². The Bertz CT molecular complexity index is 1610. The van der Waals surface area contributed by atoms with Gasteiger partial charge in [0.25, 0.3) is 5.91 Å².